The van der Waals surface area contributed by atoms with E-state index < -0.39 is 6.10 Å². The zero-order valence-electron chi connectivity index (χ0n) is 8.50. The number of hydrogen-bond acceptors (Lipinski definition) is 3. The number of rotatable bonds is 2. The van der Waals surface area contributed by atoms with Crippen LogP contribution in [0.25, 0.3) is 0 Å². The SMILES string of the molecule is N#C[C@H]1[C@@H](O)CCN1Cc1ccccc1. The van der Waals surface area contributed by atoms with Crippen LogP contribution in [0.2, 0.25) is 0 Å². The summed E-state index contributed by atoms with van der Waals surface area (Å²) in [5, 5.41) is 18.5. The highest BCUT2D eigenvalue weighted by Crippen LogP contribution is 2.19. The first-order valence-electron chi connectivity index (χ1n) is 5.17. The van der Waals surface area contributed by atoms with E-state index in [9.17, 15) is 5.11 Å². The van der Waals surface area contributed by atoms with Gasteiger partial charge in [-0.2, -0.15) is 5.26 Å². The van der Waals surface area contributed by atoms with Crippen LogP contribution in [0, 0.1) is 11.3 Å². The molecule has 0 amide bonds. The van der Waals surface area contributed by atoms with Gasteiger partial charge >= 0.3 is 0 Å². The summed E-state index contributed by atoms with van der Waals surface area (Å²) in [6.45, 7) is 1.55. The van der Waals surface area contributed by atoms with Crippen LogP contribution in [0.3, 0.4) is 0 Å². The predicted octanol–water partition coefficient (Wildman–Crippen LogP) is 1.15. The van der Waals surface area contributed by atoms with E-state index in [2.05, 4.69) is 6.07 Å². The van der Waals surface area contributed by atoms with Crippen LogP contribution in [0.1, 0.15) is 12.0 Å². The molecule has 3 heteroatoms. The van der Waals surface area contributed by atoms with Crippen molar-refractivity contribution in [3.8, 4) is 6.07 Å². The van der Waals surface area contributed by atoms with Crippen molar-refractivity contribution in [1.29, 1.82) is 5.26 Å². The van der Waals surface area contributed by atoms with Crippen LogP contribution in [0.4, 0.5) is 0 Å². The molecule has 1 saturated heterocycles. The molecule has 2 atom stereocenters. The molecule has 3 nitrogen and oxygen atoms in total. The normalized spacial score (nSPS) is 26.4. The Balaban J connectivity index is 2.05. The van der Waals surface area contributed by atoms with Gasteiger partial charge in [0.2, 0.25) is 0 Å². The van der Waals surface area contributed by atoms with E-state index in [1.807, 2.05) is 35.2 Å². The highest BCUT2D eigenvalue weighted by atomic mass is 16.3. The van der Waals surface area contributed by atoms with E-state index in [4.69, 9.17) is 5.26 Å². The van der Waals surface area contributed by atoms with E-state index in [1.54, 1.807) is 0 Å². The summed E-state index contributed by atoms with van der Waals surface area (Å²) in [5.41, 5.74) is 1.19. The minimum absolute atomic E-state index is 0.342. The Hall–Kier alpha value is -1.37. The van der Waals surface area contributed by atoms with E-state index in [1.165, 1.54) is 5.56 Å². The first-order chi connectivity index (χ1) is 7.31. The standard InChI is InChI=1S/C12H14N2O/c13-8-11-12(15)6-7-14(11)9-10-4-2-1-3-5-10/h1-5,11-12,15H,6-7,9H2/t11-,12-/m0/s1. The van der Waals surface area contributed by atoms with Crippen molar-refractivity contribution in [2.45, 2.75) is 25.1 Å². The van der Waals surface area contributed by atoms with Crippen LogP contribution >= 0.6 is 0 Å². The molecule has 78 valence electrons. The van der Waals surface area contributed by atoms with Gasteiger partial charge in [0.25, 0.3) is 0 Å². The van der Waals surface area contributed by atoms with Crippen molar-refractivity contribution in [2.75, 3.05) is 6.54 Å². The summed E-state index contributed by atoms with van der Waals surface area (Å²) in [7, 11) is 0. The fraction of sp³-hybridized carbons (Fsp3) is 0.417. The Morgan fingerprint density at radius 1 is 1.40 bits per heavy atom. The predicted molar refractivity (Wildman–Crippen MR) is 56.9 cm³/mol. The van der Waals surface area contributed by atoms with Gasteiger partial charge in [-0.15, -0.1) is 0 Å². The quantitative estimate of drug-likeness (QED) is 0.782. The van der Waals surface area contributed by atoms with Crippen molar-refractivity contribution in [3.63, 3.8) is 0 Å². The molecule has 1 heterocycles. The third-order valence-electron chi connectivity index (χ3n) is 2.83. The van der Waals surface area contributed by atoms with Gasteiger partial charge in [-0.3, -0.25) is 4.90 Å². The molecule has 2 rings (SSSR count). The van der Waals surface area contributed by atoms with Crippen molar-refractivity contribution >= 4 is 0 Å². The lowest BCUT2D eigenvalue weighted by Crippen LogP contribution is -2.33. The Bertz CT molecular complexity index is 358. The third-order valence-corrected chi connectivity index (χ3v) is 2.83. The fourth-order valence-corrected chi connectivity index (χ4v) is 2.00. The molecule has 0 saturated carbocycles. The third kappa shape index (κ3) is 2.17. The number of nitrogens with zero attached hydrogens (tertiary/aromatic N) is 2. The second-order valence-electron chi connectivity index (χ2n) is 3.89. The molecule has 1 aliphatic heterocycles. The molecular formula is C12H14N2O. The smallest absolute Gasteiger partial charge is 0.124 e. The van der Waals surface area contributed by atoms with E-state index in [0.717, 1.165) is 13.1 Å². The molecule has 0 bridgehead atoms. The molecule has 1 aliphatic rings. The van der Waals surface area contributed by atoms with E-state index in [-0.39, 0.29) is 6.04 Å². The Kier molecular flexibility index (Phi) is 3.00. The Morgan fingerprint density at radius 3 is 2.80 bits per heavy atom. The van der Waals surface area contributed by atoms with Crippen molar-refractivity contribution in [1.82, 2.24) is 4.90 Å². The van der Waals surface area contributed by atoms with Gasteiger partial charge < -0.3 is 5.11 Å². The minimum Gasteiger partial charge on any atom is -0.390 e. The molecule has 15 heavy (non-hydrogen) atoms. The molecule has 0 radical (unpaired) electrons. The van der Waals surface area contributed by atoms with Crippen LogP contribution in [-0.2, 0) is 6.54 Å². The van der Waals surface area contributed by atoms with Gasteiger partial charge in [0.15, 0.2) is 0 Å². The largest absolute Gasteiger partial charge is 0.390 e. The van der Waals surface area contributed by atoms with Crippen LogP contribution < -0.4 is 0 Å². The summed E-state index contributed by atoms with van der Waals surface area (Å²) < 4.78 is 0. The topological polar surface area (TPSA) is 47.3 Å². The molecule has 1 aromatic rings. The molecular weight excluding hydrogens is 188 g/mol. The number of nitriles is 1. The fourth-order valence-electron chi connectivity index (χ4n) is 2.00. The summed E-state index contributed by atoms with van der Waals surface area (Å²) in [4.78, 5) is 2.03. The molecule has 1 N–H and O–H groups in total. The van der Waals surface area contributed by atoms with Gasteiger partial charge in [0.05, 0.1) is 12.2 Å². The van der Waals surface area contributed by atoms with E-state index in [0.29, 0.717) is 6.42 Å². The lowest BCUT2D eigenvalue weighted by Gasteiger charge is -2.19. The molecule has 1 aromatic carbocycles. The van der Waals surface area contributed by atoms with Gasteiger partial charge in [-0.25, -0.2) is 0 Å². The zero-order chi connectivity index (χ0) is 10.7. The minimum atomic E-state index is -0.487. The van der Waals surface area contributed by atoms with Gasteiger partial charge in [-0.1, -0.05) is 30.3 Å². The van der Waals surface area contributed by atoms with Crippen molar-refractivity contribution in [3.05, 3.63) is 35.9 Å². The summed E-state index contributed by atoms with van der Waals surface area (Å²) >= 11 is 0. The number of benzene rings is 1. The Labute approximate surface area is 89.6 Å². The maximum absolute atomic E-state index is 9.57. The lowest BCUT2D eigenvalue weighted by atomic mass is 10.1. The first-order valence-corrected chi connectivity index (χ1v) is 5.17. The van der Waals surface area contributed by atoms with Crippen LogP contribution in [0.5, 0.6) is 0 Å². The second-order valence-corrected chi connectivity index (χ2v) is 3.89. The van der Waals surface area contributed by atoms with Crippen molar-refractivity contribution in [2.24, 2.45) is 0 Å². The van der Waals surface area contributed by atoms with Crippen LogP contribution in [-0.4, -0.2) is 28.7 Å². The maximum atomic E-state index is 9.57. The highest BCUT2D eigenvalue weighted by molar-refractivity contribution is 5.16. The summed E-state index contributed by atoms with van der Waals surface area (Å²) in [6.07, 6.45) is 0.212. The van der Waals surface area contributed by atoms with Gasteiger partial charge in [0.1, 0.15) is 6.04 Å². The monoisotopic (exact) mass is 202 g/mol. The molecule has 1 fully saturated rings. The van der Waals surface area contributed by atoms with Crippen molar-refractivity contribution < 1.29 is 5.11 Å². The maximum Gasteiger partial charge on any atom is 0.124 e. The number of aliphatic hydroxyl groups is 1. The highest BCUT2D eigenvalue weighted by Gasteiger charge is 2.32. The van der Waals surface area contributed by atoms with Gasteiger partial charge in [0, 0.05) is 13.1 Å². The molecule has 0 unspecified atom stereocenters. The van der Waals surface area contributed by atoms with Gasteiger partial charge in [-0.05, 0) is 12.0 Å². The molecule has 0 aliphatic carbocycles. The van der Waals surface area contributed by atoms with Crippen LogP contribution in [0.15, 0.2) is 30.3 Å². The van der Waals surface area contributed by atoms with E-state index >= 15 is 0 Å². The summed E-state index contributed by atoms with van der Waals surface area (Å²) in [5.74, 6) is 0. The Morgan fingerprint density at radius 2 is 2.13 bits per heavy atom. The number of aliphatic hydroxyl groups excluding tert-OH is 1. The number of hydrogen-bond donors (Lipinski definition) is 1. The average Bonchev–Trinajstić information content (AvgIpc) is 2.61. The summed E-state index contributed by atoms with van der Waals surface area (Å²) in [6, 6.07) is 11.9. The first kappa shape index (κ1) is 10.2. The molecule has 0 spiro atoms. The number of likely N-dealkylation sites (tertiary alicyclic amines) is 1. The lowest BCUT2D eigenvalue weighted by molar-refractivity contribution is 0.142. The average molecular weight is 202 g/mol. The zero-order valence-corrected chi connectivity index (χ0v) is 8.50. The second kappa shape index (κ2) is 4.43. The molecule has 0 aromatic heterocycles.